The normalized spacial score (nSPS) is 23.7. The van der Waals surface area contributed by atoms with E-state index in [1.54, 1.807) is 0 Å². The van der Waals surface area contributed by atoms with Gasteiger partial charge in [-0.25, -0.2) is 0 Å². The predicted molar refractivity (Wildman–Crippen MR) is 85.0 cm³/mol. The molecular formula is C17H35NO2. The SMILES string of the molecule is CCCCCCOCC(O)CNC1CCCCC1(C)C. The topological polar surface area (TPSA) is 41.5 Å². The zero-order chi connectivity index (χ0) is 14.8. The molecule has 0 spiro atoms. The van der Waals surface area contributed by atoms with E-state index in [9.17, 15) is 5.11 Å². The molecule has 20 heavy (non-hydrogen) atoms. The van der Waals surface area contributed by atoms with Crippen molar-refractivity contribution in [1.82, 2.24) is 5.32 Å². The van der Waals surface area contributed by atoms with E-state index in [0.717, 1.165) is 13.0 Å². The van der Waals surface area contributed by atoms with Crippen molar-refractivity contribution in [2.75, 3.05) is 19.8 Å². The van der Waals surface area contributed by atoms with Crippen molar-refractivity contribution in [3.8, 4) is 0 Å². The lowest BCUT2D eigenvalue weighted by atomic mass is 9.73. The monoisotopic (exact) mass is 285 g/mol. The second kappa shape index (κ2) is 9.75. The van der Waals surface area contributed by atoms with Gasteiger partial charge in [0.05, 0.1) is 12.7 Å². The largest absolute Gasteiger partial charge is 0.389 e. The summed E-state index contributed by atoms with van der Waals surface area (Å²) < 4.78 is 5.54. The third-order valence-corrected chi connectivity index (χ3v) is 4.56. The second-order valence-corrected chi connectivity index (χ2v) is 6.98. The van der Waals surface area contributed by atoms with E-state index in [4.69, 9.17) is 4.74 Å². The number of nitrogens with one attached hydrogen (secondary N) is 1. The predicted octanol–water partition coefficient (Wildman–Crippen LogP) is 3.50. The quantitative estimate of drug-likeness (QED) is 0.604. The lowest BCUT2D eigenvalue weighted by molar-refractivity contribution is 0.0294. The van der Waals surface area contributed by atoms with Gasteiger partial charge >= 0.3 is 0 Å². The van der Waals surface area contributed by atoms with Crippen molar-refractivity contribution in [2.24, 2.45) is 5.41 Å². The Hall–Kier alpha value is -0.120. The maximum atomic E-state index is 9.97. The number of hydrogen-bond acceptors (Lipinski definition) is 3. The Kier molecular flexibility index (Phi) is 8.74. The van der Waals surface area contributed by atoms with Crippen LogP contribution in [0.25, 0.3) is 0 Å². The molecule has 0 radical (unpaired) electrons. The molecular weight excluding hydrogens is 250 g/mol. The highest BCUT2D eigenvalue weighted by Gasteiger charge is 2.31. The van der Waals surface area contributed by atoms with Crippen LogP contribution in [0.3, 0.4) is 0 Å². The lowest BCUT2D eigenvalue weighted by Gasteiger charge is -2.39. The molecule has 0 aliphatic heterocycles. The van der Waals surface area contributed by atoms with Crippen molar-refractivity contribution < 1.29 is 9.84 Å². The van der Waals surface area contributed by atoms with Crippen LogP contribution in [0.5, 0.6) is 0 Å². The summed E-state index contributed by atoms with van der Waals surface area (Å²) in [6.45, 7) is 8.78. The van der Waals surface area contributed by atoms with E-state index in [0.29, 0.717) is 24.6 Å². The number of hydrogen-bond donors (Lipinski definition) is 2. The Bertz CT molecular complexity index is 243. The van der Waals surface area contributed by atoms with E-state index in [-0.39, 0.29) is 6.10 Å². The molecule has 0 amide bonds. The lowest BCUT2D eigenvalue weighted by Crippen LogP contribution is -2.47. The zero-order valence-corrected chi connectivity index (χ0v) is 13.8. The third-order valence-electron chi connectivity index (χ3n) is 4.56. The average Bonchev–Trinajstić information content (AvgIpc) is 2.41. The smallest absolute Gasteiger partial charge is 0.0897 e. The first-order valence-electron chi connectivity index (χ1n) is 8.55. The third kappa shape index (κ3) is 7.05. The molecule has 3 nitrogen and oxygen atoms in total. The number of aliphatic hydroxyl groups is 1. The van der Waals surface area contributed by atoms with Crippen LogP contribution in [0, 0.1) is 5.41 Å². The van der Waals surface area contributed by atoms with Gasteiger partial charge in [0.15, 0.2) is 0 Å². The van der Waals surface area contributed by atoms with E-state index in [1.165, 1.54) is 44.9 Å². The number of rotatable bonds is 10. The highest BCUT2D eigenvalue weighted by molar-refractivity contribution is 4.88. The fourth-order valence-electron chi connectivity index (χ4n) is 3.06. The molecule has 0 aromatic heterocycles. The van der Waals surface area contributed by atoms with Gasteiger partial charge < -0.3 is 15.2 Å². The first kappa shape index (κ1) is 17.9. The number of ether oxygens (including phenoxy) is 1. The van der Waals surface area contributed by atoms with Gasteiger partial charge in [0, 0.05) is 19.2 Å². The first-order valence-corrected chi connectivity index (χ1v) is 8.55. The van der Waals surface area contributed by atoms with Gasteiger partial charge in [-0.2, -0.15) is 0 Å². The molecule has 2 unspecified atom stereocenters. The van der Waals surface area contributed by atoms with Gasteiger partial charge in [-0.05, 0) is 24.7 Å². The van der Waals surface area contributed by atoms with Crippen molar-refractivity contribution >= 4 is 0 Å². The maximum Gasteiger partial charge on any atom is 0.0897 e. The molecule has 120 valence electrons. The Labute approximate surface area is 125 Å². The molecule has 1 rings (SSSR count). The summed E-state index contributed by atoms with van der Waals surface area (Å²) in [5.41, 5.74) is 0.360. The van der Waals surface area contributed by atoms with E-state index in [2.05, 4.69) is 26.1 Å². The molecule has 1 fully saturated rings. The Morgan fingerprint density at radius 3 is 2.75 bits per heavy atom. The molecule has 1 aliphatic rings. The van der Waals surface area contributed by atoms with Crippen LogP contribution in [0.4, 0.5) is 0 Å². The molecule has 2 N–H and O–H groups in total. The Balaban J connectivity index is 2.05. The summed E-state index contributed by atoms with van der Waals surface area (Å²) in [5, 5.41) is 13.5. The summed E-state index contributed by atoms with van der Waals surface area (Å²) in [6, 6.07) is 0.537. The Morgan fingerprint density at radius 2 is 2.05 bits per heavy atom. The molecule has 1 saturated carbocycles. The van der Waals surface area contributed by atoms with Gasteiger partial charge in [0.25, 0.3) is 0 Å². The second-order valence-electron chi connectivity index (χ2n) is 6.98. The molecule has 0 bridgehead atoms. The first-order chi connectivity index (χ1) is 9.56. The highest BCUT2D eigenvalue weighted by atomic mass is 16.5. The van der Waals surface area contributed by atoms with Crippen LogP contribution in [0.2, 0.25) is 0 Å². The average molecular weight is 285 g/mol. The summed E-state index contributed by atoms with van der Waals surface area (Å²) in [7, 11) is 0. The highest BCUT2D eigenvalue weighted by Crippen LogP contribution is 2.35. The minimum absolute atomic E-state index is 0.360. The molecule has 0 aromatic carbocycles. The molecule has 0 aromatic rings. The van der Waals surface area contributed by atoms with E-state index < -0.39 is 0 Å². The van der Waals surface area contributed by atoms with Crippen LogP contribution in [0.15, 0.2) is 0 Å². The van der Waals surface area contributed by atoms with Crippen molar-refractivity contribution in [2.45, 2.75) is 84.3 Å². The summed E-state index contributed by atoms with van der Waals surface area (Å²) >= 11 is 0. The fourth-order valence-corrected chi connectivity index (χ4v) is 3.06. The van der Waals surface area contributed by atoms with E-state index >= 15 is 0 Å². The number of unbranched alkanes of at least 4 members (excludes halogenated alkanes) is 3. The summed E-state index contributed by atoms with van der Waals surface area (Å²) in [5.74, 6) is 0. The van der Waals surface area contributed by atoms with E-state index in [1.807, 2.05) is 0 Å². The summed E-state index contributed by atoms with van der Waals surface area (Å²) in [4.78, 5) is 0. The van der Waals surface area contributed by atoms with Gasteiger partial charge in [-0.1, -0.05) is 52.9 Å². The van der Waals surface area contributed by atoms with Crippen LogP contribution in [0.1, 0.15) is 72.1 Å². The molecule has 0 saturated heterocycles. The minimum atomic E-state index is -0.376. The van der Waals surface area contributed by atoms with Crippen LogP contribution in [-0.4, -0.2) is 37.0 Å². The number of aliphatic hydroxyl groups excluding tert-OH is 1. The van der Waals surface area contributed by atoms with Gasteiger partial charge in [0.2, 0.25) is 0 Å². The minimum Gasteiger partial charge on any atom is -0.389 e. The van der Waals surface area contributed by atoms with Gasteiger partial charge in [-0.3, -0.25) is 0 Å². The maximum absolute atomic E-state index is 9.97. The van der Waals surface area contributed by atoms with Crippen LogP contribution >= 0.6 is 0 Å². The van der Waals surface area contributed by atoms with Crippen LogP contribution < -0.4 is 5.32 Å². The van der Waals surface area contributed by atoms with Crippen molar-refractivity contribution in [1.29, 1.82) is 0 Å². The molecule has 3 heteroatoms. The summed E-state index contributed by atoms with van der Waals surface area (Å²) in [6.07, 6.45) is 9.68. The molecule has 2 atom stereocenters. The fraction of sp³-hybridized carbons (Fsp3) is 1.00. The zero-order valence-electron chi connectivity index (χ0n) is 13.8. The molecule has 0 heterocycles. The van der Waals surface area contributed by atoms with Crippen molar-refractivity contribution in [3.63, 3.8) is 0 Å². The van der Waals surface area contributed by atoms with Crippen LogP contribution in [-0.2, 0) is 4.74 Å². The van der Waals surface area contributed by atoms with Gasteiger partial charge in [-0.15, -0.1) is 0 Å². The molecule has 1 aliphatic carbocycles. The Morgan fingerprint density at radius 1 is 1.25 bits per heavy atom. The van der Waals surface area contributed by atoms with Gasteiger partial charge in [0.1, 0.15) is 0 Å². The van der Waals surface area contributed by atoms with Crippen molar-refractivity contribution in [3.05, 3.63) is 0 Å². The standard InChI is InChI=1S/C17H35NO2/c1-4-5-6-9-12-20-14-15(19)13-18-16-10-7-8-11-17(16,2)3/h15-16,18-19H,4-14H2,1-3H3.